The van der Waals surface area contributed by atoms with E-state index in [4.69, 9.17) is 4.74 Å². The number of hydrogen-bond donors (Lipinski definition) is 1. The molecule has 0 amide bonds. The summed E-state index contributed by atoms with van der Waals surface area (Å²) in [6.07, 6.45) is 5.13. The molecular formula is C18H30N2O. The second-order valence-electron chi connectivity index (χ2n) is 6.13. The molecule has 0 bridgehead atoms. The molecule has 1 aromatic rings. The van der Waals surface area contributed by atoms with E-state index in [1.54, 1.807) is 7.11 Å². The molecule has 118 valence electrons. The largest absolute Gasteiger partial charge is 0.497 e. The van der Waals surface area contributed by atoms with Crippen LogP contribution in [0.5, 0.6) is 5.75 Å². The highest BCUT2D eigenvalue weighted by atomic mass is 16.5. The van der Waals surface area contributed by atoms with Gasteiger partial charge in [0.25, 0.3) is 0 Å². The lowest BCUT2D eigenvalue weighted by Gasteiger charge is -2.23. The predicted octanol–water partition coefficient (Wildman–Crippen LogP) is 3.61. The van der Waals surface area contributed by atoms with Crippen LogP contribution in [-0.4, -0.2) is 37.7 Å². The first kappa shape index (κ1) is 16.3. The van der Waals surface area contributed by atoms with Crippen molar-refractivity contribution in [1.82, 2.24) is 10.2 Å². The maximum Gasteiger partial charge on any atom is 0.118 e. The molecule has 1 N–H and O–H groups in total. The zero-order valence-electron chi connectivity index (χ0n) is 13.8. The molecule has 1 heterocycles. The van der Waals surface area contributed by atoms with Gasteiger partial charge in [0.2, 0.25) is 0 Å². The summed E-state index contributed by atoms with van der Waals surface area (Å²) in [6.45, 7) is 8.29. The Morgan fingerprint density at radius 3 is 2.67 bits per heavy atom. The van der Waals surface area contributed by atoms with E-state index in [9.17, 15) is 0 Å². The number of nitrogens with one attached hydrogen (secondary N) is 1. The summed E-state index contributed by atoms with van der Waals surface area (Å²) in [4.78, 5) is 2.61. The van der Waals surface area contributed by atoms with Gasteiger partial charge in [-0.25, -0.2) is 0 Å². The van der Waals surface area contributed by atoms with E-state index in [2.05, 4.69) is 36.2 Å². The van der Waals surface area contributed by atoms with Crippen LogP contribution in [0.25, 0.3) is 0 Å². The maximum atomic E-state index is 5.22. The zero-order chi connectivity index (χ0) is 15.1. The van der Waals surface area contributed by atoms with Gasteiger partial charge in [0.15, 0.2) is 0 Å². The van der Waals surface area contributed by atoms with Crippen LogP contribution in [0.4, 0.5) is 0 Å². The quantitative estimate of drug-likeness (QED) is 0.866. The van der Waals surface area contributed by atoms with Gasteiger partial charge in [-0.2, -0.15) is 0 Å². The third kappa shape index (κ3) is 5.01. The number of hydrogen-bond acceptors (Lipinski definition) is 3. The minimum Gasteiger partial charge on any atom is -0.497 e. The zero-order valence-corrected chi connectivity index (χ0v) is 13.8. The molecule has 1 unspecified atom stereocenters. The van der Waals surface area contributed by atoms with E-state index in [-0.39, 0.29) is 0 Å². The number of likely N-dealkylation sites (tertiary alicyclic amines) is 1. The molecule has 2 rings (SSSR count). The van der Waals surface area contributed by atoms with E-state index in [0.717, 1.165) is 5.75 Å². The standard InChI is InChI=1S/C18H30N2O/c1-4-12-20-13-5-6-17(11-14-20)19-15(2)16-7-9-18(21-3)10-8-16/h7-10,15,17,19H,4-6,11-14H2,1-3H3/t15-,17?/m0/s1. The van der Waals surface area contributed by atoms with Gasteiger partial charge >= 0.3 is 0 Å². The van der Waals surface area contributed by atoms with Gasteiger partial charge in [0, 0.05) is 12.1 Å². The molecule has 1 fully saturated rings. The molecule has 1 aliphatic heterocycles. The van der Waals surface area contributed by atoms with Gasteiger partial charge in [-0.05, 0) is 69.9 Å². The Kier molecular flexibility index (Phi) is 6.52. The van der Waals surface area contributed by atoms with Crippen LogP contribution >= 0.6 is 0 Å². The molecule has 1 aliphatic rings. The van der Waals surface area contributed by atoms with Gasteiger partial charge in [-0.3, -0.25) is 0 Å². The average molecular weight is 290 g/mol. The van der Waals surface area contributed by atoms with Gasteiger partial charge in [0.1, 0.15) is 5.75 Å². The molecule has 0 radical (unpaired) electrons. The van der Waals surface area contributed by atoms with Crippen molar-refractivity contribution >= 4 is 0 Å². The smallest absolute Gasteiger partial charge is 0.118 e. The highest BCUT2D eigenvalue weighted by Crippen LogP contribution is 2.20. The molecule has 3 heteroatoms. The SMILES string of the molecule is CCCN1CCCC(N[C@@H](C)c2ccc(OC)cc2)CC1. The molecule has 0 aromatic heterocycles. The van der Waals surface area contributed by atoms with Crippen molar-refractivity contribution in [3.63, 3.8) is 0 Å². The summed E-state index contributed by atoms with van der Waals surface area (Å²) in [7, 11) is 1.71. The summed E-state index contributed by atoms with van der Waals surface area (Å²) < 4.78 is 5.22. The van der Waals surface area contributed by atoms with Crippen molar-refractivity contribution < 1.29 is 4.74 Å². The van der Waals surface area contributed by atoms with Gasteiger partial charge in [0.05, 0.1) is 7.11 Å². The molecule has 1 aromatic carbocycles. The van der Waals surface area contributed by atoms with Crippen molar-refractivity contribution in [2.45, 2.75) is 51.6 Å². The highest BCUT2D eigenvalue weighted by molar-refractivity contribution is 5.28. The maximum absolute atomic E-state index is 5.22. The summed E-state index contributed by atoms with van der Waals surface area (Å²) in [5.41, 5.74) is 1.34. The topological polar surface area (TPSA) is 24.5 Å². The van der Waals surface area contributed by atoms with Crippen LogP contribution in [0.15, 0.2) is 24.3 Å². The highest BCUT2D eigenvalue weighted by Gasteiger charge is 2.18. The Morgan fingerprint density at radius 1 is 1.24 bits per heavy atom. The third-order valence-corrected chi connectivity index (χ3v) is 4.46. The monoisotopic (exact) mass is 290 g/mol. The molecule has 0 aliphatic carbocycles. The Morgan fingerprint density at radius 2 is 2.00 bits per heavy atom. The summed E-state index contributed by atoms with van der Waals surface area (Å²) >= 11 is 0. The van der Waals surface area contributed by atoms with Crippen molar-refractivity contribution in [2.24, 2.45) is 0 Å². The van der Waals surface area contributed by atoms with Crippen molar-refractivity contribution in [3.8, 4) is 5.75 Å². The van der Waals surface area contributed by atoms with E-state index in [0.29, 0.717) is 12.1 Å². The van der Waals surface area contributed by atoms with Crippen LogP contribution in [0.3, 0.4) is 0 Å². The second-order valence-corrected chi connectivity index (χ2v) is 6.13. The minimum absolute atomic E-state index is 0.402. The van der Waals surface area contributed by atoms with Crippen molar-refractivity contribution in [2.75, 3.05) is 26.7 Å². The van der Waals surface area contributed by atoms with Crippen LogP contribution in [0, 0.1) is 0 Å². The van der Waals surface area contributed by atoms with Crippen LogP contribution in [0.2, 0.25) is 0 Å². The first-order valence-corrected chi connectivity index (χ1v) is 8.35. The number of nitrogens with zero attached hydrogens (tertiary/aromatic N) is 1. The molecule has 21 heavy (non-hydrogen) atoms. The lowest BCUT2D eigenvalue weighted by Crippen LogP contribution is -2.33. The molecule has 0 saturated carbocycles. The second kappa shape index (κ2) is 8.40. The molecule has 0 spiro atoms. The summed E-state index contributed by atoms with van der Waals surface area (Å²) in [6, 6.07) is 9.46. The number of benzene rings is 1. The third-order valence-electron chi connectivity index (χ3n) is 4.46. The Bertz CT molecular complexity index is 404. The normalized spacial score (nSPS) is 21.8. The fraction of sp³-hybridized carbons (Fsp3) is 0.667. The average Bonchev–Trinajstić information content (AvgIpc) is 2.73. The molecule has 1 saturated heterocycles. The first-order chi connectivity index (χ1) is 10.2. The van der Waals surface area contributed by atoms with Gasteiger partial charge in [-0.15, -0.1) is 0 Å². The first-order valence-electron chi connectivity index (χ1n) is 8.35. The lowest BCUT2D eigenvalue weighted by molar-refractivity contribution is 0.281. The van der Waals surface area contributed by atoms with Crippen LogP contribution in [-0.2, 0) is 0 Å². The lowest BCUT2D eigenvalue weighted by atomic mass is 10.0. The van der Waals surface area contributed by atoms with Crippen molar-refractivity contribution in [1.29, 1.82) is 0 Å². The molecular weight excluding hydrogens is 260 g/mol. The van der Waals surface area contributed by atoms with Crippen LogP contribution in [0.1, 0.15) is 51.1 Å². The van der Waals surface area contributed by atoms with E-state index in [1.807, 2.05) is 12.1 Å². The van der Waals surface area contributed by atoms with E-state index < -0.39 is 0 Å². The number of ether oxygens (including phenoxy) is 1. The number of methoxy groups -OCH3 is 1. The Hall–Kier alpha value is -1.06. The van der Waals surface area contributed by atoms with Gasteiger partial charge in [-0.1, -0.05) is 19.1 Å². The molecule has 2 atom stereocenters. The minimum atomic E-state index is 0.402. The van der Waals surface area contributed by atoms with Crippen molar-refractivity contribution in [3.05, 3.63) is 29.8 Å². The van der Waals surface area contributed by atoms with E-state index in [1.165, 1.54) is 50.9 Å². The summed E-state index contributed by atoms with van der Waals surface area (Å²) in [5, 5.41) is 3.81. The number of rotatable bonds is 6. The van der Waals surface area contributed by atoms with Crippen LogP contribution < -0.4 is 10.1 Å². The predicted molar refractivity (Wildman–Crippen MR) is 88.9 cm³/mol. The molecule has 3 nitrogen and oxygen atoms in total. The fourth-order valence-corrected chi connectivity index (χ4v) is 3.20. The Balaban J connectivity index is 1.85. The summed E-state index contributed by atoms with van der Waals surface area (Å²) in [5.74, 6) is 0.927. The Labute approximate surface area is 129 Å². The van der Waals surface area contributed by atoms with E-state index >= 15 is 0 Å². The fourth-order valence-electron chi connectivity index (χ4n) is 3.20. The van der Waals surface area contributed by atoms with Gasteiger partial charge < -0.3 is 15.0 Å².